The summed E-state index contributed by atoms with van der Waals surface area (Å²) < 4.78 is 14.7. The Balaban J connectivity index is 2.09. The highest BCUT2D eigenvalue weighted by molar-refractivity contribution is 9.10. The topological polar surface area (TPSA) is 12.0 Å². The number of rotatable bonds is 3. The molecule has 0 aliphatic carbocycles. The van der Waals surface area contributed by atoms with E-state index in [0.29, 0.717) is 12.2 Å². The third kappa shape index (κ3) is 3.10. The van der Waals surface area contributed by atoms with Crippen molar-refractivity contribution < 1.29 is 4.39 Å². The number of aryl methyl sites for hydroxylation is 2. The lowest BCUT2D eigenvalue weighted by molar-refractivity contribution is 0.629. The Morgan fingerprint density at radius 2 is 1.89 bits per heavy atom. The molecule has 94 valence electrons. The van der Waals surface area contributed by atoms with Gasteiger partial charge in [0.2, 0.25) is 0 Å². The standard InChI is InChI=1S/C15H15BrFN/c1-10-3-6-15(14(17)7-10)18-9-12-5-4-11(2)13(16)8-12/h3-8,18H,9H2,1-2H3. The van der Waals surface area contributed by atoms with Crippen LogP contribution in [-0.2, 0) is 6.54 Å². The molecule has 18 heavy (non-hydrogen) atoms. The molecule has 0 atom stereocenters. The normalized spacial score (nSPS) is 10.4. The Bertz CT molecular complexity index is 566. The second-order valence-corrected chi connectivity index (χ2v) is 5.27. The molecule has 0 aliphatic rings. The van der Waals surface area contributed by atoms with Crippen molar-refractivity contribution in [1.29, 1.82) is 0 Å². The third-order valence-corrected chi connectivity index (χ3v) is 3.70. The monoisotopic (exact) mass is 307 g/mol. The maximum atomic E-state index is 13.6. The summed E-state index contributed by atoms with van der Waals surface area (Å²) in [5.74, 6) is -0.207. The van der Waals surface area contributed by atoms with Crippen molar-refractivity contribution in [2.45, 2.75) is 20.4 Å². The number of benzene rings is 2. The van der Waals surface area contributed by atoms with E-state index in [0.717, 1.165) is 15.6 Å². The van der Waals surface area contributed by atoms with E-state index in [-0.39, 0.29) is 5.82 Å². The fraction of sp³-hybridized carbons (Fsp3) is 0.200. The van der Waals surface area contributed by atoms with E-state index in [1.54, 1.807) is 6.07 Å². The van der Waals surface area contributed by atoms with Gasteiger partial charge in [-0.2, -0.15) is 0 Å². The van der Waals surface area contributed by atoms with Crippen molar-refractivity contribution in [3.8, 4) is 0 Å². The fourth-order valence-electron chi connectivity index (χ4n) is 1.71. The van der Waals surface area contributed by atoms with Crippen molar-refractivity contribution in [3.63, 3.8) is 0 Å². The van der Waals surface area contributed by atoms with Crippen LogP contribution in [0.1, 0.15) is 16.7 Å². The van der Waals surface area contributed by atoms with E-state index in [2.05, 4.69) is 27.3 Å². The fourth-order valence-corrected chi connectivity index (χ4v) is 2.13. The number of halogens is 2. The highest BCUT2D eigenvalue weighted by atomic mass is 79.9. The first-order valence-electron chi connectivity index (χ1n) is 5.81. The average Bonchev–Trinajstić information content (AvgIpc) is 2.32. The van der Waals surface area contributed by atoms with Crippen molar-refractivity contribution in [2.75, 3.05) is 5.32 Å². The van der Waals surface area contributed by atoms with Crippen LogP contribution in [0.15, 0.2) is 40.9 Å². The Hall–Kier alpha value is -1.35. The number of hydrogen-bond acceptors (Lipinski definition) is 1. The molecule has 2 aromatic carbocycles. The molecule has 0 fully saturated rings. The summed E-state index contributed by atoms with van der Waals surface area (Å²) in [6.07, 6.45) is 0. The van der Waals surface area contributed by atoms with Gasteiger partial charge in [-0.05, 0) is 48.7 Å². The largest absolute Gasteiger partial charge is 0.379 e. The average molecular weight is 308 g/mol. The van der Waals surface area contributed by atoms with Crippen LogP contribution in [0.2, 0.25) is 0 Å². The summed E-state index contributed by atoms with van der Waals surface area (Å²) in [4.78, 5) is 0. The first-order chi connectivity index (χ1) is 8.56. The highest BCUT2D eigenvalue weighted by Gasteiger charge is 2.02. The van der Waals surface area contributed by atoms with Crippen molar-refractivity contribution in [1.82, 2.24) is 0 Å². The molecule has 0 amide bonds. The van der Waals surface area contributed by atoms with Gasteiger partial charge >= 0.3 is 0 Å². The molecule has 0 aliphatic heterocycles. The summed E-state index contributed by atoms with van der Waals surface area (Å²) in [5.41, 5.74) is 3.78. The third-order valence-electron chi connectivity index (χ3n) is 2.84. The van der Waals surface area contributed by atoms with Crippen LogP contribution in [0.25, 0.3) is 0 Å². The highest BCUT2D eigenvalue weighted by Crippen LogP contribution is 2.20. The molecule has 0 spiro atoms. The van der Waals surface area contributed by atoms with Crippen LogP contribution >= 0.6 is 15.9 Å². The second-order valence-electron chi connectivity index (χ2n) is 4.42. The molecular formula is C15H15BrFN. The van der Waals surface area contributed by atoms with Crippen molar-refractivity contribution >= 4 is 21.6 Å². The maximum absolute atomic E-state index is 13.6. The van der Waals surface area contributed by atoms with Crippen LogP contribution in [0, 0.1) is 19.7 Å². The Kier molecular flexibility index (Phi) is 4.02. The molecule has 1 N–H and O–H groups in total. The molecule has 1 nitrogen and oxygen atoms in total. The summed E-state index contributed by atoms with van der Waals surface area (Å²) in [5, 5.41) is 3.11. The van der Waals surface area contributed by atoms with Crippen LogP contribution in [-0.4, -0.2) is 0 Å². The van der Waals surface area contributed by atoms with Gasteiger partial charge < -0.3 is 5.32 Å². The lowest BCUT2D eigenvalue weighted by Gasteiger charge is -2.09. The van der Waals surface area contributed by atoms with Gasteiger partial charge in [-0.25, -0.2) is 4.39 Å². The molecule has 2 rings (SSSR count). The van der Waals surface area contributed by atoms with Crippen molar-refractivity contribution in [3.05, 3.63) is 63.4 Å². The molecule has 0 bridgehead atoms. The van der Waals surface area contributed by atoms with Gasteiger partial charge in [0.15, 0.2) is 0 Å². The molecule has 0 saturated heterocycles. The molecule has 0 aromatic heterocycles. The molecule has 0 radical (unpaired) electrons. The molecule has 0 unspecified atom stereocenters. The van der Waals surface area contributed by atoms with E-state index in [9.17, 15) is 4.39 Å². The summed E-state index contributed by atoms with van der Waals surface area (Å²) in [6, 6.07) is 11.3. The Labute approximate surface area is 115 Å². The SMILES string of the molecule is Cc1ccc(NCc2ccc(C)c(Br)c2)c(F)c1. The van der Waals surface area contributed by atoms with Gasteiger partial charge in [0, 0.05) is 11.0 Å². The van der Waals surface area contributed by atoms with Crippen LogP contribution in [0.4, 0.5) is 10.1 Å². The quantitative estimate of drug-likeness (QED) is 0.857. The minimum atomic E-state index is -0.207. The van der Waals surface area contributed by atoms with E-state index >= 15 is 0 Å². The Morgan fingerprint density at radius 3 is 2.56 bits per heavy atom. The number of nitrogens with one attached hydrogen (secondary N) is 1. The summed E-state index contributed by atoms with van der Waals surface area (Å²) >= 11 is 3.49. The zero-order valence-electron chi connectivity index (χ0n) is 10.4. The first-order valence-corrected chi connectivity index (χ1v) is 6.60. The van der Waals surface area contributed by atoms with E-state index in [1.165, 1.54) is 11.6 Å². The van der Waals surface area contributed by atoms with Crippen LogP contribution in [0.3, 0.4) is 0 Å². The molecule has 0 saturated carbocycles. The van der Waals surface area contributed by atoms with Crippen LogP contribution in [0.5, 0.6) is 0 Å². The zero-order chi connectivity index (χ0) is 13.1. The van der Waals surface area contributed by atoms with Crippen LogP contribution < -0.4 is 5.32 Å². The maximum Gasteiger partial charge on any atom is 0.146 e. The predicted octanol–water partition coefficient (Wildman–Crippen LogP) is 4.82. The lowest BCUT2D eigenvalue weighted by atomic mass is 10.1. The van der Waals surface area contributed by atoms with E-state index < -0.39 is 0 Å². The summed E-state index contributed by atoms with van der Waals surface area (Å²) in [7, 11) is 0. The number of hydrogen-bond donors (Lipinski definition) is 1. The molecule has 2 aromatic rings. The van der Waals surface area contributed by atoms with Gasteiger partial charge in [-0.1, -0.05) is 34.1 Å². The van der Waals surface area contributed by atoms with E-state index in [4.69, 9.17) is 0 Å². The van der Waals surface area contributed by atoms with E-state index in [1.807, 2.05) is 32.0 Å². The van der Waals surface area contributed by atoms with Gasteiger partial charge in [-0.15, -0.1) is 0 Å². The molecular weight excluding hydrogens is 293 g/mol. The first kappa shape index (κ1) is 13.1. The summed E-state index contributed by atoms with van der Waals surface area (Å²) in [6.45, 7) is 4.53. The smallest absolute Gasteiger partial charge is 0.146 e. The predicted molar refractivity (Wildman–Crippen MR) is 77.3 cm³/mol. The van der Waals surface area contributed by atoms with Gasteiger partial charge in [0.05, 0.1) is 5.69 Å². The lowest BCUT2D eigenvalue weighted by Crippen LogP contribution is -2.01. The number of anilines is 1. The van der Waals surface area contributed by atoms with Gasteiger partial charge in [0.25, 0.3) is 0 Å². The zero-order valence-corrected chi connectivity index (χ0v) is 12.0. The Morgan fingerprint density at radius 1 is 1.11 bits per heavy atom. The van der Waals surface area contributed by atoms with Crippen molar-refractivity contribution in [2.24, 2.45) is 0 Å². The second kappa shape index (κ2) is 5.53. The molecule has 3 heteroatoms. The molecule has 0 heterocycles. The van der Waals surface area contributed by atoms with Gasteiger partial charge in [0.1, 0.15) is 5.82 Å². The van der Waals surface area contributed by atoms with Gasteiger partial charge in [-0.3, -0.25) is 0 Å². The minimum Gasteiger partial charge on any atom is -0.379 e. The minimum absolute atomic E-state index is 0.207.